The molecule has 0 N–H and O–H groups in total. The highest BCUT2D eigenvalue weighted by molar-refractivity contribution is 7.91. The Kier molecular flexibility index (Phi) is 5.11. The first kappa shape index (κ1) is 16.1. The van der Waals surface area contributed by atoms with Crippen LogP contribution in [0.2, 0.25) is 0 Å². The van der Waals surface area contributed by atoms with Crippen LogP contribution in [0.4, 0.5) is 4.39 Å². The van der Waals surface area contributed by atoms with Gasteiger partial charge in [-0.3, -0.25) is 4.79 Å². The van der Waals surface area contributed by atoms with Crippen molar-refractivity contribution in [1.29, 1.82) is 0 Å². The number of hydrogen-bond donors (Lipinski definition) is 0. The summed E-state index contributed by atoms with van der Waals surface area (Å²) in [4.78, 5) is 14.2. The second kappa shape index (κ2) is 6.66. The molecule has 1 heterocycles. The number of ketones is 1. The van der Waals surface area contributed by atoms with E-state index in [0.29, 0.717) is 26.1 Å². The standard InChI is InChI=1S/C15H20FNO3S/c1-12(15(18)13-5-2-3-6-14(13)16)11-17-7-4-9-21(19,20)10-8-17/h2-3,5-6,12H,4,7-11H2,1H3. The highest BCUT2D eigenvalue weighted by atomic mass is 32.2. The maximum Gasteiger partial charge on any atom is 0.169 e. The van der Waals surface area contributed by atoms with Crippen LogP contribution in [0, 0.1) is 11.7 Å². The Morgan fingerprint density at radius 3 is 2.71 bits per heavy atom. The molecule has 6 heteroatoms. The molecule has 1 saturated heterocycles. The van der Waals surface area contributed by atoms with Gasteiger partial charge in [-0.05, 0) is 25.1 Å². The molecule has 0 aromatic heterocycles. The Balaban J connectivity index is 2.00. The van der Waals surface area contributed by atoms with Crippen molar-refractivity contribution in [2.24, 2.45) is 5.92 Å². The number of benzene rings is 1. The predicted octanol–water partition coefficient (Wildman–Crippen LogP) is 1.76. The van der Waals surface area contributed by atoms with Crippen LogP contribution in [-0.4, -0.2) is 50.2 Å². The van der Waals surface area contributed by atoms with Gasteiger partial charge >= 0.3 is 0 Å². The molecule has 1 fully saturated rings. The van der Waals surface area contributed by atoms with E-state index in [9.17, 15) is 17.6 Å². The molecule has 1 aliphatic heterocycles. The summed E-state index contributed by atoms with van der Waals surface area (Å²) >= 11 is 0. The van der Waals surface area contributed by atoms with Gasteiger partial charge in [-0.15, -0.1) is 0 Å². The van der Waals surface area contributed by atoms with Gasteiger partial charge in [-0.25, -0.2) is 12.8 Å². The van der Waals surface area contributed by atoms with Gasteiger partial charge in [0.05, 0.1) is 17.1 Å². The number of carbonyl (C=O) groups is 1. The molecule has 1 aromatic rings. The van der Waals surface area contributed by atoms with Crippen molar-refractivity contribution in [3.05, 3.63) is 35.6 Å². The molecule has 0 radical (unpaired) electrons. The SMILES string of the molecule is CC(CN1CCCS(=O)(=O)CC1)C(=O)c1ccccc1F. The lowest BCUT2D eigenvalue weighted by atomic mass is 9.98. The normalized spacial score (nSPS) is 20.7. The van der Waals surface area contributed by atoms with Gasteiger partial charge < -0.3 is 4.90 Å². The van der Waals surface area contributed by atoms with Crippen molar-refractivity contribution in [2.45, 2.75) is 13.3 Å². The maximum atomic E-state index is 13.6. The summed E-state index contributed by atoms with van der Waals surface area (Å²) in [6, 6.07) is 5.96. The van der Waals surface area contributed by atoms with Gasteiger partial charge in [0.25, 0.3) is 0 Å². The zero-order chi connectivity index (χ0) is 15.5. The fourth-order valence-electron chi connectivity index (χ4n) is 2.57. The molecule has 21 heavy (non-hydrogen) atoms. The van der Waals surface area contributed by atoms with E-state index < -0.39 is 15.7 Å². The highest BCUT2D eigenvalue weighted by Crippen LogP contribution is 2.15. The van der Waals surface area contributed by atoms with E-state index in [1.165, 1.54) is 12.1 Å². The average Bonchev–Trinajstić information content (AvgIpc) is 2.60. The van der Waals surface area contributed by atoms with Crippen LogP contribution in [0.1, 0.15) is 23.7 Å². The zero-order valence-corrected chi connectivity index (χ0v) is 12.9. The van der Waals surface area contributed by atoms with Gasteiger partial charge in [-0.1, -0.05) is 19.1 Å². The first-order valence-electron chi connectivity index (χ1n) is 7.10. The number of nitrogens with zero attached hydrogens (tertiary/aromatic N) is 1. The molecule has 0 saturated carbocycles. The van der Waals surface area contributed by atoms with Crippen molar-refractivity contribution < 1.29 is 17.6 Å². The zero-order valence-electron chi connectivity index (χ0n) is 12.1. The lowest BCUT2D eigenvalue weighted by Crippen LogP contribution is -2.34. The average molecular weight is 313 g/mol. The predicted molar refractivity (Wildman–Crippen MR) is 79.6 cm³/mol. The Hall–Kier alpha value is -1.27. The quantitative estimate of drug-likeness (QED) is 0.795. The third-order valence-corrected chi connectivity index (χ3v) is 5.48. The van der Waals surface area contributed by atoms with E-state index in [1.54, 1.807) is 19.1 Å². The third-order valence-electron chi connectivity index (χ3n) is 3.77. The third kappa shape index (κ3) is 4.35. The molecule has 1 aliphatic rings. The molecule has 0 spiro atoms. The Morgan fingerprint density at radius 2 is 2.00 bits per heavy atom. The number of carbonyl (C=O) groups excluding carboxylic acids is 1. The summed E-state index contributed by atoms with van der Waals surface area (Å²) in [5.41, 5.74) is 0.104. The summed E-state index contributed by atoms with van der Waals surface area (Å²) < 4.78 is 36.7. The maximum absolute atomic E-state index is 13.6. The van der Waals surface area contributed by atoms with E-state index in [4.69, 9.17) is 0 Å². The molecule has 116 valence electrons. The van der Waals surface area contributed by atoms with Crippen molar-refractivity contribution >= 4 is 15.6 Å². The molecule has 0 bridgehead atoms. The Morgan fingerprint density at radius 1 is 1.29 bits per heavy atom. The van der Waals surface area contributed by atoms with Crippen LogP contribution in [0.3, 0.4) is 0 Å². The molecule has 0 aliphatic carbocycles. The molecule has 1 atom stereocenters. The Bertz CT molecular complexity index is 615. The fourth-order valence-corrected chi connectivity index (χ4v) is 3.88. The van der Waals surface area contributed by atoms with Crippen LogP contribution < -0.4 is 0 Å². The lowest BCUT2D eigenvalue weighted by Gasteiger charge is -2.22. The monoisotopic (exact) mass is 313 g/mol. The highest BCUT2D eigenvalue weighted by Gasteiger charge is 2.24. The van der Waals surface area contributed by atoms with E-state index in [1.807, 2.05) is 4.90 Å². The van der Waals surface area contributed by atoms with Crippen molar-refractivity contribution in [2.75, 3.05) is 31.1 Å². The molecule has 1 aromatic carbocycles. The number of halogens is 1. The molecule has 4 nitrogen and oxygen atoms in total. The molecule has 0 amide bonds. The van der Waals surface area contributed by atoms with Crippen molar-refractivity contribution in [3.63, 3.8) is 0 Å². The molecule has 1 unspecified atom stereocenters. The van der Waals surface area contributed by atoms with E-state index >= 15 is 0 Å². The van der Waals surface area contributed by atoms with Gasteiger partial charge in [-0.2, -0.15) is 0 Å². The van der Waals surface area contributed by atoms with Gasteiger partial charge in [0.2, 0.25) is 0 Å². The minimum Gasteiger partial charge on any atom is -0.302 e. The molecule has 2 rings (SSSR count). The topological polar surface area (TPSA) is 54.5 Å². The number of Topliss-reactive ketones (excluding diaryl/α,β-unsaturated/α-hetero) is 1. The molecular formula is C15H20FNO3S. The van der Waals surface area contributed by atoms with Crippen LogP contribution in [0.5, 0.6) is 0 Å². The van der Waals surface area contributed by atoms with Crippen molar-refractivity contribution in [1.82, 2.24) is 4.90 Å². The Labute approximate surface area is 124 Å². The number of rotatable bonds is 4. The van der Waals surface area contributed by atoms with Crippen LogP contribution in [0.25, 0.3) is 0 Å². The largest absolute Gasteiger partial charge is 0.302 e. The lowest BCUT2D eigenvalue weighted by molar-refractivity contribution is 0.0893. The summed E-state index contributed by atoms with van der Waals surface area (Å²) in [5, 5.41) is 0. The van der Waals surface area contributed by atoms with Crippen molar-refractivity contribution in [3.8, 4) is 0 Å². The summed E-state index contributed by atoms with van der Waals surface area (Å²) in [5.74, 6) is -0.761. The van der Waals surface area contributed by atoms with Gasteiger partial charge in [0, 0.05) is 19.0 Å². The summed E-state index contributed by atoms with van der Waals surface area (Å²) in [7, 11) is -2.95. The summed E-state index contributed by atoms with van der Waals surface area (Å²) in [6.07, 6.45) is 0.586. The number of hydrogen-bond acceptors (Lipinski definition) is 4. The van der Waals surface area contributed by atoms with Crippen LogP contribution in [-0.2, 0) is 9.84 Å². The van der Waals surface area contributed by atoms with Crippen LogP contribution >= 0.6 is 0 Å². The first-order valence-corrected chi connectivity index (χ1v) is 8.93. The van der Waals surface area contributed by atoms with E-state index in [0.717, 1.165) is 0 Å². The fraction of sp³-hybridized carbons (Fsp3) is 0.533. The minimum atomic E-state index is -2.95. The van der Waals surface area contributed by atoms with E-state index in [2.05, 4.69) is 0 Å². The van der Waals surface area contributed by atoms with Crippen LogP contribution in [0.15, 0.2) is 24.3 Å². The molecular weight excluding hydrogens is 293 g/mol. The van der Waals surface area contributed by atoms with Gasteiger partial charge in [0.15, 0.2) is 15.6 Å². The minimum absolute atomic E-state index is 0.104. The number of sulfone groups is 1. The van der Waals surface area contributed by atoms with Gasteiger partial charge in [0.1, 0.15) is 5.82 Å². The van der Waals surface area contributed by atoms with E-state index in [-0.39, 0.29) is 28.8 Å². The second-order valence-corrected chi connectivity index (χ2v) is 7.85. The smallest absolute Gasteiger partial charge is 0.169 e. The second-order valence-electron chi connectivity index (χ2n) is 5.55. The summed E-state index contributed by atoms with van der Waals surface area (Å²) in [6.45, 7) is 3.32. The first-order chi connectivity index (χ1) is 9.89.